The molecule has 5 nitrogen and oxygen atoms in total. The Morgan fingerprint density at radius 3 is 2.57 bits per heavy atom. The molecule has 1 aromatic carbocycles. The van der Waals surface area contributed by atoms with E-state index in [2.05, 4.69) is 5.10 Å². The molecule has 0 spiro atoms. The maximum atomic E-state index is 12.9. The summed E-state index contributed by atoms with van der Waals surface area (Å²) < 4.78 is 29.1. The number of nitrogens with zero attached hydrogens (tertiary/aromatic N) is 3. The summed E-state index contributed by atoms with van der Waals surface area (Å²) in [6.07, 6.45) is 7.26. The molecule has 0 radical (unpaired) electrons. The number of hydrogen-bond acceptors (Lipinski definition) is 3. The van der Waals surface area contributed by atoms with Crippen molar-refractivity contribution in [3.63, 3.8) is 0 Å². The highest BCUT2D eigenvalue weighted by atomic mass is 32.2. The fraction of sp³-hybridized carbons (Fsp3) is 0.471. The first-order chi connectivity index (χ1) is 11.1. The number of sulfonamides is 1. The molecule has 3 rings (SSSR count). The highest BCUT2D eigenvalue weighted by Crippen LogP contribution is 2.28. The van der Waals surface area contributed by atoms with E-state index in [0.29, 0.717) is 18.0 Å². The number of benzene rings is 1. The van der Waals surface area contributed by atoms with Crippen LogP contribution in [0.3, 0.4) is 0 Å². The zero-order valence-electron chi connectivity index (χ0n) is 13.4. The molecule has 1 aliphatic carbocycles. The SMILES string of the molecule is CCN(C1CCCC1)S(=O)(=O)c1cnn(Cc2ccccc2)c1. The van der Waals surface area contributed by atoms with Crippen LogP contribution in [0.2, 0.25) is 0 Å². The van der Waals surface area contributed by atoms with Crippen molar-refractivity contribution in [3.05, 3.63) is 48.3 Å². The Labute approximate surface area is 138 Å². The van der Waals surface area contributed by atoms with Gasteiger partial charge in [-0.05, 0) is 18.4 Å². The average molecular weight is 333 g/mol. The summed E-state index contributed by atoms with van der Waals surface area (Å²) in [5.41, 5.74) is 1.10. The molecule has 0 saturated heterocycles. The summed E-state index contributed by atoms with van der Waals surface area (Å²) >= 11 is 0. The van der Waals surface area contributed by atoms with Gasteiger partial charge in [-0.2, -0.15) is 9.40 Å². The van der Waals surface area contributed by atoms with E-state index in [1.807, 2.05) is 37.3 Å². The molecule has 1 fully saturated rings. The van der Waals surface area contributed by atoms with E-state index in [9.17, 15) is 8.42 Å². The molecule has 124 valence electrons. The van der Waals surface area contributed by atoms with Gasteiger partial charge in [0.1, 0.15) is 4.90 Å². The topological polar surface area (TPSA) is 55.2 Å². The molecule has 0 unspecified atom stereocenters. The van der Waals surface area contributed by atoms with Crippen molar-refractivity contribution in [2.24, 2.45) is 0 Å². The van der Waals surface area contributed by atoms with Crippen LogP contribution in [0, 0.1) is 0 Å². The summed E-state index contributed by atoms with van der Waals surface area (Å²) in [6, 6.07) is 10.1. The molecule has 1 heterocycles. The molecule has 0 amide bonds. The zero-order chi connectivity index (χ0) is 16.3. The van der Waals surface area contributed by atoms with Crippen LogP contribution in [0.4, 0.5) is 0 Å². The normalized spacial score (nSPS) is 16.3. The predicted octanol–water partition coefficient (Wildman–Crippen LogP) is 2.88. The van der Waals surface area contributed by atoms with Gasteiger partial charge >= 0.3 is 0 Å². The molecule has 0 atom stereocenters. The van der Waals surface area contributed by atoms with Crippen molar-refractivity contribution in [2.75, 3.05) is 6.54 Å². The lowest BCUT2D eigenvalue weighted by Crippen LogP contribution is -2.38. The summed E-state index contributed by atoms with van der Waals surface area (Å²) in [6.45, 7) is 2.99. The summed E-state index contributed by atoms with van der Waals surface area (Å²) in [5.74, 6) is 0. The lowest BCUT2D eigenvalue weighted by atomic mass is 10.2. The smallest absolute Gasteiger partial charge is 0.246 e. The second-order valence-electron chi connectivity index (χ2n) is 6.01. The minimum absolute atomic E-state index is 0.141. The molecule has 6 heteroatoms. The molecule has 2 aromatic rings. The molecular formula is C17H23N3O2S. The minimum atomic E-state index is -3.46. The maximum absolute atomic E-state index is 12.9. The number of rotatable bonds is 6. The lowest BCUT2D eigenvalue weighted by molar-refractivity contribution is 0.335. The van der Waals surface area contributed by atoms with Gasteiger partial charge in [0.05, 0.1) is 12.7 Å². The first-order valence-electron chi connectivity index (χ1n) is 8.19. The Bertz CT molecular complexity index is 734. The first kappa shape index (κ1) is 16.2. The van der Waals surface area contributed by atoms with Crippen LogP contribution >= 0.6 is 0 Å². The molecule has 0 aliphatic heterocycles. The van der Waals surface area contributed by atoms with Gasteiger partial charge in [0.2, 0.25) is 10.0 Å². The van der Waals surface area contributed by atoms with E-state index in [4.69, 9.17) is 0 Å². The Kier molecular flexibility index (Phi) is 4.82. The van der Waals surface area contributed by atoms with Crippen LogP contribution < -0.4 is 0 Å². The van der Waals surface area contributed by atoms with Crippen LogP contribution in [0.5, 0.6) is 0 Å². The lowest BCUT2D eigenvalue weighted by Gasteiger charge is -2.25. The number of aromatic nitrogens is 2. The summed E-state index contributed by atoms with van der Waals surface area (Å²) in [4.78, 5) is 0.294. The largest absolute Gasteiger partial charge is 0.267 e. The summed E-state index contributed by atoms with van der Waals surface area (Å²) in [7, 11) is -3.46. The Morgan fingerprint density at radius 2 is 1.91 bits per heavy atom. The van der Waals surface area contributed by atoms with E-state index in [0.717, 1.165) is 31.2 Å². The van der Waals surface area contributed by atoms with Crippen LogP contribution in [-0.4, -0.2) is 35.1 Å². The second kappa shape index (κ2) is 6.84. The van der Waals surface area contributed by atoms with Crippen molar-refractivity contribution in [2.45, 2.75) is 50.1 Å². The van der Waals surface area contributed by atoms with Gasteiger partial charge in [0, 0.05) is 18.8 Å². The second-order valence-corrected chi connectivity index (χ2v) is 7.90. The first-order valence-corrected chi connectivity index (χ1v) is 9.63. The highest BCUT2D eigenvalue weighted by Gasteiger charge is 2.32. The van der Waals surface area contributed by atoms with Gasteiger partial charge in [-0.25, -0.2) is 8.42 Å². The van der Waals surface area contributed by atoms with E-state index in [1.54, 1.807) is 15.2 Å². The number of hydrogen-bond donors (Lipinski definition) is 0. The third kappa shape index (κ3) is 3.48. The molecule has 23 heavy (non-hydrogen) atoms. The maximum Gasteiger partial charge on any atom is 0.246 e. The summed E-state index contributed by atoms with van der Waals surface area (Å²) in [5, 5.41) is 4.23. The Balaban J connectivity index is 1.80. The van der Waals surface area contributed by atoms with Crippen LogP contribution in [0.1, 0.15) is 38.2 Å². The fourth-order valence-electron chi connectivity index (χ4n) is 3.29. The van der Waals surface area contributed by atoms with Crippen molar-refractivity contribution in [3.8, 4) is 0 Å². The monoisotopic (exact) mass is 333 g/mol. The highest BCUT2D eigenvalue weighted by molar-refractivity contribution is 7.89. The fourth-order valence-corrected chi connectivity index (χ4v) is 4.94. The Hall–Kier alpha value is -1.66. The van der Waals surface area contributed by atoms with E-state index in [-0.39, 0.29) is 6.04 Å². The standard InChI is InChI=1S/C17H23N3O2S/c1-2-20(16-10-6-7-11-16)23(21,22)17-12-18-19(14-17)13-15-8-4-3-5-9-15/h3-5,8-9,12,14,16H,2,6-7,10-11,13H2,1H3. The molecule has 0 N–H and O–H groups in total. The van der Waals surface area contributed by atoms with Gasteiger partial charge in [0.25, 0.3) is 0 Å². The van der Waals surface area contributed by atoms with E-state index < -0.39 is 10.0 Å². The van der Waals surface area contributed by atoms with Crippen LogP contribution in [-0.2, 0) is 16.6 Å². The quantitative estimate of drug-likeness (QED) is 0.817. The molecule has 1 saturated carbocycles. The van der Waals surface area contributed by atoms with Gasteiger partial charge in [-0.1, -0.05) is 50.1 Å². The Morgan fingerprint density at radius 1 is 1.22 bits per heavy atom. The van der Waals surface area contributed by atoms with Gasteiger partial charge < -0.3 is 0 Å². The zero-order valence-corrected chi connectivity index (χ0v) is 14.2. The minimum Gasteiger partial charge on any atom is -0.267 e. The van der Waals surface area contributed by atoms with Gasteiger partial charge in [-0.15, -0.1) is 0 Å². The van der Waals surface area contributed by atoms with E-state index >= 15 is 0 Å². The van der Waals surface area contributed by atoms with Crippen LogP contribution in [0.25, 0.3) is 0 Å². The molecule has 0 bridgehead atoms. The predicted molar refractivity (Wildman–Crippen MR) is 89.6 cm³/mol. The van der Waals surface area contributed by atoms with Crippen molar-refractivity contribution in [1.29, 1.82) is 0 Å². The average Bonchev–Trinajstić information content (AvgIpc) is 3.21. The van der Waals surface area contributed by atoms with Gasteiger partial charge in [0.15, 0.2) is 0 Å². The molecule has 1 aliphatic rings. The molecular weight excluding hydrogens is 310 g/mol. The van der Waals surface area contributed by atoms with Crippen LogP contribution in [0.15, 0.2) is 47.6 Å². The van der Waals surface area contributed by atoms with Crippen molar-refractivity contribution >= 4 is 10.0 Å². The van der Waals surface area contributed by atoms with Crippen molar-refractivity contribution < 1.29 is 8.42 Å². The third-order valence-electron chi connectivity index (χ3n) is 4.45. The third-order valence-corrected chi connectivity index (χ3v) is 6.43. The molecule has 1 aromatic heterocycles. The van der Waals surface area contributed by atoms with Crippen molar-refractivity contribution in [1.82, 2.24) is 14.1 Å². The van der Waals surface area contributed by atoms with Gasteiger partial charge in [-0.3, -0.25) is 4.68 Å². The van der Waals surface area contributed by atoms with E-state index in [1.165, 1.54) is 6.20 Å².